The minimum Gasteiger partial charge on any atom is -0.452 e. The largest absolute Gasteiger partial charge is 0.452 e. The van der Waals surface area contributed by atoms with Crippen LogP contribution in [0.25, 0.3) is 0 Å². The monoisotopic (exact) mass is 439 g/mol. The lowest BCUT2D eigenvalue weighted by Crippen LogP contribution is -2.21. The second kappa shape index (κ2) is 9.44. The molecule has 0 bridgehead atoms. The highest BCUT2D eigenvalue weighted by atomic mass is 32.2. The number of ether oxygens (including phenoxy) is 1. The van der Waals surface area contributed by atoms with Crippen LogP contribution in [0.2, 0.25) is 0 Å². The number of amides is 1. The van der Waals surface area contributed by atoms with E-state index in [0.717, 1.165) is 5.56 Å². The van der Waals surface area contributed by atoms with E-state index >= 15 is 0 Å². The van der Waals surface area contributed by atoms with Gasteiger partial charge in [0.25, 0.3) is 5.91 Å². The van der Waals surface area contributed by atoms with E-state index in [4.69, 9.17) is 8.92 Å². The highest BCUT2D eigenvalue weighted by Gasteiger charge is 2.23. The fraction of sp³-hybridized carbons (Fsp3) is 0.130. The van der Waals surface area contributed by atoms with Crippen LogP contribution in [0.15, 0.2) is 77.7 Å². The number of aryl methyl sites for hydroxylation is 2. The van der Waals surface area contributed by atoms with Crippen LogP contribution in [-0.2, 0) is 19.6 Å². The normalized spacial score (nSPS) is 10.9. The van der Waals surface area contributed by atoms with E-state index < -0.39 is 28.6 Å². The molecule has 31 heavy (non-hydrogen) atoms. The molecule has 0 aliphatic carbocycles. The Morgan fingerprint density at radius 2 is 1.58 bits per heavy atom. The van der Waals surface area contributed by atoms with Gasteiger partial charge in [0.15, 0.2) is 12.4 Å². The molecule has 0 spiro atoms. The summed E-state index contributed by atoms with van der Waals surface area (Å²) in [4.78, 5) is 24.5. The number of para-hydroxylation sites is 2. The van der Waals surface area contributed by atoms with Gasteiger partial charge in [-0.2, -0.15) is 8.42 Å². The summed E-state index contributed by atoms with van der Waals surface area (Å²) in [7, 11) is -4.18. The Bertz CT molecular complexity index is 1210. The molecule has 0 saturated heterocycles. The van der Waals surface area contributed by atoms with E-state index in [-0.39, 0.29) is 16.2 Å². The molecule has 1 N–H and O–H groups in total. The second-order valence-electron chi connectivity index (χ2n) is 6.79. The Kier molecular flexibility index (Phi) is 6.71. The van der Waals surface area contributed by atoms with Crippen molar-refractivity contribution in [2.24, 2.45) is 0 Å². The predicted octanol–water partition coefficient (Wildman–Crippen LogP) is 3.87. The molecule has 7 nitrogen and oxygen atoms in total. The van der Waals surface area contributed by atoms with Gasteiger partial charge in [-0.3, -0.25) is 4.79 Å². The molecule has 0 heterocycles. The smallest absolute Gasteiger partial charge is 0.342 e. The van der Waals surface area contributed by atoms with Crippen molar-refractivity contribution in [1.29, 1.82) is 0 Å². The fourth-order valence-corrected chi connectivity index (χ4v) is 4.04. The molecule has 0 radical (unpaired) electrons. The van der Waals surface area contributed by atoms with E-state index in [2.05, 4.69) is 5.32 Å². The van der Waals surface area contributed by atoms with Crippen molar-refractivity contribution >= 4 is 27.7 Å². The van der Waals surface area contributed by atoms with Gasteiger partial charge in [0.05, 0.1) is 0 Å². The van der Waals surface area contributed by atoms with Gasteiger partial charge in [-0.15, -0.1) is 0 Å². The van der Waals surface area contributed by atoms with Crippen molar-refractivity contribution in [3.8, 4) is 5.75 Å². The predicted molar refractivity (Wildman–Crippen MR) is 116 cm³/mol. The van der Waals surface area contributed by atoms with Crippen molar-refractivity contribution in [2.75, 3.05) is 11.9 Å². The van der Waals surface area contributed by atoms with Gasteiger partial charge in [0.1, 0.15) is 10.5 Å². The maximum Gasteiger partial charge on any atom is 0.342 e. The van der Waals surface area contributed by atoms with E-state index in [9.17, 15) is 18.0 Å². The molecule has 0 atom stereocenters. The third kappa shape index (κ3) is 5.70. The zero-order valence-electron chi connectivity index (χ0n) is 17.0. The van der Waals surface area contributed by atoms with Gasteiger partial charge in [0, 0.05) is 5.69 Å². The van der Waals surface area contributed by atoms with Gasteiger partial charge >= 0.3 is 16.1 Å². The number of carbonyl (C=O) groups is 2. The van der Waals surface area contributed by atoms with Crippen LogP contribution in [0.3, 0.4) is 0 Å². The minimum absolute atomic E-state index is 0.0120. The molecule has 0 aliphatic rings. The van der Waals surface area contributed by atoms with Crippen LogP contribution in [-0.4, -0.2) is 26.9 Å². The molecule has 8 heteroatoms. The molecule has 3 aromatic rings. The highest BCUT2D eigenvalue weighted by Crippen LogP contribution is 2.26. The number of hydrogen-bond donors (Lipinski definition) is 1. The van der Waals surface area contributed by atoms with Gasteiger partial charge in [0.2, 0.25) is 0 Å². The van der Waals surface area contributed by atoms with Crippen molar-refractivity contribution in [1.82, 2.24) is 0 Å². The molecule has 0 unspecified atom stereocenters. The van der Waals surface area contributed by atoms with Crippen LogP contribution in [0.4, 0.5) is 5.69 Å². The quantitative estimate of drug-likeness (QED) is 0.443. The molecule has 3 aromatic carbocycles. The molecule has 3 rings (SSSR count). The third-order valence-electron chi connectivity index (χ3n) is 4.31. The van der Waals surface area contributed by atoms with Crippen molar-refractivity contribution < 1.29 is 26.9 Å². The van der Waals surface area contributed by atoms with Crippen molar-refractivity contribution in [2.45, 2.75) is 18.7 Å². The number of hydrogen-bond acceptors (Lipinski definition) is 6. The van der Waals surface area contributed by atoms with E-state index in [1.165, 1.54) is 30.3 Å². The number of esters is 1. The first-order valence-electron chi connectivity index (χ1n) is 9.39. The van der Waals surface area contributed by atoms with Gasteiger partial charge < -0.3 is 14.2 Å². The summed E-state index contributed by atoms with van der Waals surface area (Å²) in [5, 5.41) is 2.59. The van der Waals surface area contributed by atoms with Crippen molar-refractivity contribution in [3.63, 3.8) is 0 Å². The highest BCUT2D eigenvalue weighted by molar-refractivity contribution is 7.87. The van der Waals surface area contributed by atoms with Crippen LogP contribution in [0, 0.1) is 13.8 Å². The lowest BCUT2D eigenvalue weighted by molar-refractivity contribution is -0.119. The number of carbonyl (C=O) groups excluding carboxylic acids is 2. The molecular formula is C23H21NO6S. The van der Waals surface area contributed by atoms with Gasteiger partial charge in [-0.1, -0.05) is 42.5 Å². The van der Waals surface area contributed by atoms with Crippen LogP contribution >= 0.6 is 0 Å². The summed E-state index contributed by atoms with van der Waals surface area (Å²) in [5.41, 5.74) is 1.73. The Hall–Kier alpha value is -3.65. The van der Waals surface area contributed by atoms with E-state index in [0.29, 0.717) is 11.3 Å². The molecule has 0 saturated carbocycles. The van der Waals surface area contributed by atoms with Gasteiger partial charge in [-0.25, -0.2) is 4.79 Å². The number of anilines is 1. The zero-order valence-corrected chi connectivity index (χ0v) is 17.8. The van der Waals surface area contributed by atoms with Gasteiger partial charge in [-0.05, 0) is 55.3 Å². The van der Waals surface area contributed by atoms with Crippen molar-refractivity contribution in [3.05, 3.63) is 89.5 Å². The second-order valence-corrected chi connectivity index (χ2v) is 8.31. The number of nitrogens with one attached hydrogen (secondary N) is 1. The first-order valence-corrected chi connectivity index (χ1v) is 10.8. The summed E-state index contributed by atoms with van der Waals surface area (Å²) < 4.78 is 35.8. The Morgan fingerprint density at radius 3 is 2.32 bits per heavy atom. The van der Waals surface area contributed by atoms with Crippen LogP contribution in [0.1, 0.15) is 21.5 Å². The average molecular weight is 439 g/mol. The molecule has 1 amide bonds. The maximum absolute atomic E-state index is 12.8. The Labute approximate surface area is 180 Å². The summed E-state index contributed by atoms with van der Waals surface area (Å²) in [6.07, 6.45) is 0. The number of rotatable bonds is 7. The zero-order chi connectivity index (χ0) is 22.4. The fourth-order valence-electron chi connectivity index (χ4n) is 2.78. The Balaban J connectivity index is 1.73. The lowest BCUT2D eigenvalue weighted by Gasteiger charge is -2.13. The lowest BCUT2D eigenvalue weighted by atomic mass is 10.2. The molecule has 0 fully saturated rings. The van der Waals surface area contributed by atoms with E-state index in [1.807, 2.05) is 0 Å². The van der Waals surface area contributed by atoms with Crippen LogP contribution in [0.5, 0.6) is 5.75 Å². The molecular weight excluding hydrogens is 418 g/mol. The average Bonchev–Trinajstić information content (AvgIpc) is 2.74. The van der Waals surface area contributed by atoms with E-state index in [1.54, 1.807) is 56.3 Å². The SMILES string of the molecule is Cc1ccc(C)c(S(=O)(=O)Oc2ccccc2C(=O)OCC(=O)Nc2ccccc2)c1. The topological polar surface area (TPSA) is 98.8 Å². The minimum atomic E-state index is -4.18. The maximum atomic E-state index is 12.8. The summed E-state index contributed by atoms with van der Waals surface area (Å²) in [6.45, 7) is 2.89. The first kappa shape index (κ1) is 22.0. The molecule has 160 valence electrons. The summed E-state index contributed by atoms with van der Waals surface area (Å²) in [6, 6.07) is 19.5. The van der Waals surface area contributed by atoms with Crippen LogP contribution < -0.4 is 9.50 Å². The summed E-state index contributed by atoms with van der Waals surface area (Å²) >= 11 is 0. The standard InChI is InChI=1S/C23H21NO6S/c1-16-12-13-17(2)21(14-16)31(27,28)30-20-11-7-6-10-19(20)23(26)29-15-22(25)24-18-8-4-3-5-9-18/h3-14H,15H2,1-2H3,(H,24,25). The Morgan fingerprint density at radius 1 is 0.903 bits per heavy atom. The molecule has 0 aliphatic heterocycles. The summed E-state index contributed by atoms with van der Waals surface area (Å²) in [5.74, 6) is -1.59. The first-order chi connectivity index (χ1) is 14.8. The molecule has 0 aromatic heterocycles. The number of benzene rings is 3. The third-order valence-corrected chi connectivity index (χ3v) is 5.69.